The fourth-order valence-corrected chi connectivity index (χ4v) is 3.86. The quantitative estimate of drug-likeness (QED) is 0.661. The summed E-state index contributed by atoms with van der Waals surface area (Å²) in [5.41, 5.74) is -0.460. The second-order valence-electron chi connectivity index (χ2n) is 6.78. The SMILES string of the molecule is CC(CC1CCCCCN1)NCC(C)(C)NS(C)(=O)=O. The molecule has 20 heavy (non-hydrogen) atoms. The fraction of sp³-hybridized carbons (Fsp3) is 1.00. The Morgan fingerprint density at radius 2 is 2.00 bits per heavy atom. The van der Waals surface area contributed by atoms with Crippen LogP contribution >= 0.6 is 0 Å². The zero-order valence-corrected chi connectivity index (χ0v) is 14.1. The summed E-state index contributed by atoms with van der Waals surface area (Å²) in [5.74, 6) is 0. The average Bonchev–Trinajstić information content (AvgIpc) is 2.52. The molecule has 2 unspecified atom stereocenters. The van der Waals surface area contributed by atoms with Crippen LogP contribution in [0.1, 0.15) is 52.9 Å². The lowest BCUT2D eigenvalue weighted by atomic mass is 10.0. The van der Waals surface area contributed by atoms with Gasteiger partial charge in [-0.25, -0.2) is 13.1 Å². The van der Waals surface area contributed by atoms with Crippen LogP contribution in [0.15, 0.2) is 0 Å². The maximum Gasteiger partial charge on any atom is 0.209 e. The Morgan fingerprint density at radius 1 is 1.30 bits per heavy atom. The van der Waals surface area contributed by atoms with E-state index in [1.165, 1.54) is 31.9 Å². The van der Waals surface area contributed by atoms with Gasteiger partial charge in [0.25, 0.3) is 0 Å². The molecule has 0 saturated carbocycles. The molecule has 1 rings (SSSR count). The molecule has 1 saturated heterocycles. The standard InChI is InChI=1S/C14H31N3O2S/c1-12(10-13-8-6-5-7-9-15-13)16-11-14(2,3)17-20(4,18)19/h12-13,15-17H,5-11H2,1-4H3. The van der Waals surface area contributed by atoms with Crippen molar-refractivity contribution in [1.82, 2.24) is 15.4 Å². The van der Waals surface area contributed by atoms with Gasteiger partial charge in [0, 0.05) is 24.2 Å². The Morgan fingerprint density at radius 3 is 2.65 bits per heavy atom. The molecule has 0 bridgehead atoms. The monoisotopic (exact) mass is 305 g/mol. The Bertz CT molecular complexity index is 374. The van der Waals surface area contributed by atoms with E-state index in [1.54, 1.807) is 0 Å². The van der Waals surface area contributed by atoms with Gasteiger partial charge in [-0.15, -0.1) is 0 Å². The molecule has 0 aromatic heterocycles. The maximum atomic E-state index is 11.3. The van der Waals surface area contributed by atoms with E-state index < -0.39 is 15.6 Å². The average molecular weight is 305 g/mol. The van der Waals surface area contributed by atoms with Crippen molar-refractivity contribution < 1.29 is 8.42 Å². The topological polar surface area (TPSA) is 70.2 Å². The normalized spacial score (nSPS) is 23.3. The predicted octanol–water partition coefficient (Wildman–Crippen LogP) is 1.21. The van der Waals surface area contributed by atoms with E-state index in [2.05, 4.69) is 22.3 Å². The van der Waals surface area contributed by atoms with Crippen molar-refractivity contribution in [3.63, 3.8) is 0 Å². The van der Waals surface area contributed by atoms with E-state index in [-0.39, 0.29) is 0 Å². The smallest absolute Gasteiger partial charge is 0.209 e. The van der Waals surface area contributed by atoms with Crippen LogP contribution in [-0.2, 0) is 10.0 Å². The molecule has 6 heteroatoms. The molecule has 1 heterocycles. The first-order valence-corrected chi connectivity index (χ1v) is 9.53. The van der Waals surface area contributed by atoms with Gasteiger partial charge in [-0.2, -0.15) is 0 Å². The van der Waals surface area contributed by atoms with Crippen molar-refractivity contribution in [3.05, 3.63) is 0 Å². The highest BCUT2D eigenvalue weighted by atomic mass is 32.2. The van der Waals surface area contributed by atoms with E-state index in [0.717, 1.165) is 13.0 Å². The summed E-state index contributed by atoms with van der Waals surface area (Å²) in [6.45, 7) is 7.73. The van der Waals surface area contributed by atoms with Crippen molar-refractivity contribution in [2.24, 2.45) is 0 Å². The summed E-state index contributed by atoms with van der Waals surface area (Å²) in [7, 11) is -3.16. The van der Waals surface area contributed by atoms with E-state index in [0.29, 0.717) is 18.6 Å². The summed E-state index contributed by atoms with van der Waals surface area (Å²) in [6, 6.07) is 0.970. The highest BCUT2D eigenvalue weighted by molar-refractivity contribution is 7.88. The van der Waals surface area contributed by atoms with E-state index in [1.807, 2.05) is 13.8 Å². The van der Waals surface area contributed by atoms with Gasteiger partial charge in [-0.1, -0.05) is 12.8 Å². The van der Waals surface area contributed by atoms with Gasteiger partial charge in [0.15, 0.2) is 0 Å². The number of sulfonamides is 1. The van der Waals surface area contributed by atoms with Crippen LogP contribution in [0.4, 0.5) is 0 Å². The van der Waals surface area contributed by atoms with Crippen molar-refractivity contribution >= 4 is 10.0 Å². The van der Waals surface area contributed by atoms with Crippen LogP contribution < -0.4 is 15.4 Å². The number of hydrogen-bond acceptors (Lipinski definition) is 4. The molecule has 0 spiro atoms. The molecule has 0 aliphatic carbocycles. The first-order chi connectivity index (χ1) is 9.18. The molecule has 1 fully saturated rings. The zero-order chi connectivity index (χ0) is 15.2. The van der Waals surface area contributed by atoms with Crippen LogP contribution in [-0.4, -0.2) is 45.4 Å². The summed E-state index contributed by atoms with van der Waals surface area (Å²) >= 11 is 0. The summed E-state index contributed by atoms with van der Waals surface area (Å²) < 4.78 is 25.3. The fourth-order valence-electron chi connectivity index (χ4n) is 2.78. The molecule has 3 N–H and O–H groups in total. The Balaban J connectivity index is 2.32. The molecule has 1 aliphatic rings. The first kappa shape index (κ1) is 17.9. The van der Waals surface area contributed by atoms with Gasteiger partial charge in [-0.3, -0.25) is 0 Å². The molecule has 1 aliphatic heterocycles. The van der Waals surface area contributed by atoms with Crippen LogP contribution in [0.25, 0.3) is 0 Å². The second-order valence-corrected chi connectivity index (χ2v) is 8.52. The molecule has 2 atom stereocenters. The predicted molar refractivity (Wildman–Crippen MR) is 84.4 cm³/mol. The lowest BCUT2D eigenvalue weighted by molar-refractivity contribution is 0.356. The molecule has 5 nitrogen and oxygen atoms in total. The first-order valence-electron chi connectivity index (χ1n) is 7.64. The second kappa shape index (κ2) is 7.73. The summed E-state index contributed by atoms with van der Waals surface area (Å²) in [4.78, 5) is 0. The summed E-state index contributed by atoms with van der Waals surface area (Å²) in [5, 5.41) is 7.04. The molecule has 120 valence electrons. The Labute approximate surface area is 124 Å². The van der Waals surface area contributed by atoms with Gasteiger partial charge in [0.1, 0.15) is 0 Å². The summed E-state index contributed by atoms with van der Waals surface area (Å²) in [6.07, 6.45) is 7.46. The van der Waals surface area contributed by atoms with Crippen molar-refractivity contribution in [2.45, 2.75) is 70.5 Å². The van der Waals surface area contributed by atoms with E-state index >= 15 is 0 Å². The molecular formula is C14H31N3O2S. The number of nitrogens with one attached hydrogen (secondary N) is 3. The largest absolute Gasteiger partial charge is 0.314 e. The molecule has 0 amide bonds. The highest BCUT2D eigenvalue weighted by Crippen LogP contribution is 2.13. The zero-order valence-electron chi connectivity index (χ0n) is 13.3. The van der Waals surface area contributed by atoms with Crippen LogP contribution in [0.2, 0.25) is 0 Å². The van der Waals surface area contributed by atoms with Gasteiger partial charge in [0.2, 0.25) is 10.0 Å². The third-order valence-electron chi connectivity index (χ3n) is 3.65. The lowest BCUT2D eigenvalue weighted by Crippen LogP contribution is -2.52. The van der Waals surface area contributed by atoms with Crippen LogP contribution in [0, 0.1) is 0 Å². The van der Waals surface area contributed by atoms with Crippen molar-refractivity contribution in [3.8, 4) is 0 Å². The Kier molecular flexibility index (Phi) is 6.91. The van der Waals surface area contributed by atoms with Crippen LogP contribution in [0.3, 0.4) is 0 Å². The maximum absolute atomic E-state index is 11.3. The molecule has 0 aromatic rings. The van der Waals surface area contributed by atoms with Crippen molar-refractivity contribution in [1.29, 1.82) is 0 Å². The van der Waals surface area contributed by atoms with Gasteiger partial charge in [0.05, 0.1) is 6.26 Å². The van der Waals surface area contributed by atoms with Crippen molar-refractivity contribution in [2.75, 3.05) is 19.3 Å². The molecule has 0 aromatic carbocycles. The molecule has 0 radical (unpaired) electrons. The molecular weight excluding hydrogens is 274 g/mol. The minimum atomic E-state index is -3.16. The van der Waals surface area contributed by atoms with Gasteiger partial charge in [-0.05, 0) is 46.6 Å². The highest BCUT2D eigenvalue weighted by Gasteiger charge is 2.23. The number of rotatable bonds is 7. The van der Waals surface area contributed by atoms with Gasteiger partial charge < -0.3 is 10.6 Å². The van der Waals surface area contributed by atoms with Gasteiger partial charge >= 0.3 is 0 Å². The Hall–Kier alpha value is -0.170. The van der Waals surface area contributed by atoms with Crippen LogP contribution in [0.5, 0.6) is 0 Å². The third kappa shape index (κ3) is 8.19. The van der Waals surface area contributed by atoms with E-state index in [9.17, 15) is 8.42 Å². The van der Waals surface area contributed by atoms with E-state index in [4.69, 9.17) is 0 Å². The number of hydrogen-bond donors (Lipinski definition) is 3. The third-order valence-corrected chi connectivity index (χ3v) is 4.58. The minimum absolute atomic E-state index is 0.381. The minimum Gasteiger partial charge on any atom is -0.314 e. The lowest BCUT2D eigenvalue weighted by Gasteiger charge is -2.29.